The molecule has 2 aromatic carbocycles. The Kier molecular flexibility index (Phi) is 11.5. The standard InChI is InChI=1S/C40H40N10O6/c1-23(45-37(51)33(49(3)39(53)54)25-11-7-5-8-12-25)35-43-21-31(47-35)27-15-17-29(41-19-27)30-18-16-28(20-42-30)32-22-44-36(48-32)24(2)46-38(52)34(50(4)40(55)56)26-13-9-6-10-14-26/h5-24,33-34H,1-4H3,(H,43,47)(H,44,48)(H,45,51)(H,46,52)(H,53,54)(H,55,56)/t23-,24-,33+,34+/m0/s1. The summed E-state index contributed by atoms with van der Waals surface area (Å²) in [5.74, 6) is 0.00534. The van der Waals surface area contributed by atoms with Crippen molar-refractivity contribution in [2.75, 3.05) is 14.1 Å². The number of amides is 4. The lowest BCUT2D eigenvalue weighted by Crippen LogP contribution is -2.42. The molecule has 6 rings (SSSR count). The van der Waals surface area contributed by atoms with Crippen LogP contribution in [0.25, 0.3) is 33.9 Å². The number of hydrogen-bond donors (Lipinski definition) is 6. The number of pyridine rings is 2. The molecule has 6 aromatic rings. The molecular formula is C40H40N10O6. The maximum absolute atomic E-state index is 13.3. The van der Waals surface area contributed by atoms with Crippen molar-refractivity contribution in [3.63, 3.8) is 0 Å². The van der Waals surface area contributed by atoms with E-state index < -0.39 is 48.2 Å². The fourth-order valence-electron chi connectivity index (χ4n) is 6.13. The van der Waals surface area contributed by atoms with Crippen LogP contribution in [0.3, 0.4) is 0 Å². The van der Waals surface area contributed by atoms with Gasteiger partial charge in [-0.2, -0.15) is 0 Å². The van der Waals surface area contributed by atoms with Gasteiger partial charge < -0.3 is 30.8 Å². The van der Waals surface area contributed by atoms with Crippen LogP contribution in [0.1, 0.15) is 60.8 Å². The minimum absolute atomic E-state index is 0.484. The maximum Gasteiger partial charge on any atom is 0.407 e. The molecule has 16 nitrogen and oxygen atoms in total. The van der Waals surface area contributed by atoms with E-state index in [1.165, 1.54) is 14.1 Å². The number of carbonyl (C=O) groups excluding carboxylic acids is 2. The van der Waals surface area contributed by atoms with E-state index in [-0.39, 0.29) is 0 Å². The molecule has 0 aliphatic rings. The Bertz CT molecular complexity index is 2130. The molecule has 0 saturated carbocycles. The maximum atomic E-state index is 13.3. The van der Waals surface area contributed by atoms with E-state index in [0.29, 0.717) is 45.6 Å². The Balaban J connectivity index is 1.08. The number of likely N-dealkylation sites (N-methyl/N-ethyl adjacent to an activating group) is 2. The van der Waals surface area contributed by atoms with Crippen molar-refractivity contribution < 1.29 is 29.4 Å². The lowest BCUT2D eigenvalue weighted by atomic mass is 10.0. The summed E-state index contributed by atoms with van der Waals surface area (Å²) in [6.45, 7) is 3.52. The highest BCUT2D eigenvalue weighted by atomic mass is 16.4. The molecule has 4 amide bonds. The van der Waals surface area contributed by atoms with Crippen molar-refractivity contribution in [2.24, 2.45) is 0 Å². The lowest BCUT2D eigenvalue weighted by Gasteiger charge is -2.26. The van der Waals surface area contributed by atoms with Crippen LogP contribution >= 0.6 is 0 Å². The molecule has 286 valence electrons. The summed E-state index contributed by atoms with van der Waals surface area (Å²) in [7, 11) is 2.71. The number of benzene rings is 2. The van der Waals surface area contributed by atoms with Gasteiger partial charge in [-0.05, 0) is 49.2 Å². The second-order valence-corrected chi connectivity index (χ2v) is 13.1. The van der Waals surface area contributed by atoms with Crippen molar-refractivity contribution in [1.29, 1.82) is 0 Å². The van der Waals surface area contributed by atoms with Crippen molar-refractivity contribution in [1.82, 2.24) is 50.3 Å². The monoisotopic (exact) mass is 756 g/mol. The number of carboxylic acid groups (broad SMARTS) is 2. The van der Waals surface area contributed by atoms with Crippen LogP contribution in [0.4, 0.5) is 9.59 Å². The van der Waals surface area contributed by atoms with E-state index in [9.17, 15) is 29.4 Å². The van der Waals surface area contributed by atoms with E-state index in [2.05, 4.69) is 40.5 Å². The first kappa shape index (κ1) is 38.4. The predicted octanol–water partition coefficient (Wildman–Crippen LogP) is 5.98. The van der Waals surface area contributed by atoms with Crippen LogP contribution in [-0.2, 0) is 9.59 Å². The number of nitrogens with one attached hydrogen (secondary N) is 4. The van der Waals surface area contributed by atoms with Gasteiger partial charge in [0.1, 0.15) is 23.7 Å². The van der Waals surface area contributed by atoms with Gasteiger partial charge >= 0.3 is 12.2 Å². The van der Waals surface area contributed by atoms with Crippen LogP contribution in [0.15, 0.2) is 110 Å². The summed E-state index contributed by atoms with van der Waals surface area (Å²) in [6.07, 6.45) is 4.20. The van der Waals surface area contributed by atoms with E-state index in [0.717, 1.165) is 20.9 Å². The molecule has 4 atom stereocenters. The van der Waals surface area contributed by atoms with Crippen molar-refractivity contribution >= 4 is 24.0 Å². The van der Waals surface area contributed by atoms with Gasteiger partial charge in [0.25, 0.3) is 0 Å². The first-order chi connectivity index (χ1) is 26.9. The fourth-order valence-corrected chi connectivity index (χ4v) is 6.13. The summed E-state index contributed by atoms with van der Waals surface area (Å²) in [5.41, 5.74) is 5.22. The summed E-state index contributed by atoms with van der Waals surface area (Å²) in [5, 5.41) is 24.9. The van der Waals surface area contributed by atoms with Crippen molar-refractivity contribution in [2.45, 2.75) is 38.0 Å². The normalized spacial score (nSPS) is 13.1. The van der Waals surface area contributed by atoms with Gasteiger partial charge in [-0.15, -0.1) is 0 Å². The number of H-pyrrole nitrogens is 2. The summed E-state index contributed by atoms with van der Waals surface area (Å²) in [6, 6.07) is 21.6. The molecule has 4 aromatic heterocycles. The van der Waals surface area contributed by atoms with Gasteiger partial charge in [0.2, 0.25) is 11.8 Å². The molecule has 0 aliphatic carbocycles. The highest BCUT2D eigenvalue weighted by Crippen LogP contribution is 2.27. The number of aromatic nitrogens is 6. The minimum Gasteiger partial charge on any atom is -0.465 e. The number of carbonyl (C=O) groups is 4. The Morgan fingerprint density at radius 3 is 1.25 bits per heavy atom. The molecule has 4 heterocycles. The van der Waals surface area contributed by atoms with Crippen LogP contribution in [-0.4, -0.2) is 88.0 Å². The third-order valence-electron chi connectivity index (χ3n) is 9.25. The van der Waals surface area contributed by atoms with E-state index in [1.807, 2.05) is 24.3 Å². The average Bonchev–Trinajstić information content (AvgIpc) is 3.91. The fraction of sp³-hybridized carbons (Fsp3) is 0.200. The molecule has 0 radical (unpaired) electrons. The zero-order chi connectivity index (χ0) is 39.9. The molecule has 0 unspecified atom stereocenters. The molecular weight excluding hydrogens is 717 g/mol. The number of hydrogen-bond acceptors (Lipinski definition) is 8. The minimum atomic E-state index is -1.23. The number of imidazole rings is 2. The third kappa shape index (κ3) is 8.54. The summed E-state index contributed by atoms with van der Waals surface area (Å²) in [4.78, 5) is 76.5. The quantitative estimate of drug-likeness (QED) is 0.0809. The molecule has 56 heavy (non-hydrogen) atoms. The molecule has 0 spiro atoms. The van der Waals surface area contributed by atoms with E-state index >= 15 is 0 Å². The number of nitrogens with zero attached hydrogens (tertiary/aromatic N) is 6. The molecule has 0 saturated heterocycles. The Labute approximate surface area is 321 Å². The second kappa shape index (κ2) is 16.8. The Morgan fingerprint density at radius 2 is 0.929 bits per heavy atom. The van der Waals surface area contributed by atoms with Crippen LogP contribution in [0, 0.1) is 0 Å². The van der Waals surface area contributed by atoms with Crippen molar-refractivity contribution in [3.8, 4) is 33.9 Å². The first-order valence-electron chi connectivity index (χ1n) is 17.6. The number of rotatable bonds is 13. The van der Waals surface area contributed by atoms with Gasteiger partial charge in [-0.25, -0.2) is 19.6 Å². The summed E-state index contributed by atoms with van der Waals surface area (Å²) >= 11 is 0. The Hall–Kier alpha value is -7.36. The predicted molar refractivity (Wildman–Crippen MR) is 206 cm³/mol. The van der Waals surface area contributed by atoms with Gasteiger partial charge in [-0.3, -0.25) is 29.4 Å². The van der Waals surface area contributed by atoms with Crippen molar-refractivity contribution in [3.05, 3.63) is 132 Å². The SMILES string of the molecule is C[C@H](NC(=O)[C@@H](c1ccccc1)N(C)C(=O)O)c1ncc(-c2ccc(-c3ccc(-c4cnc([C@H](C)NC(=O)[C@@H](c5ccccc5)N(C)C(=O)O)[nH]4)cn3)nc2)[nH]1. The molecule has 0 fully saturated rings. The highest BCUT2D eigenvalue weighted by molar-refractivity contribution is 5.87. The second-order valence-electron chi connectivity index (χ2n) is 13.1. The molecule has 0 bridgehead atoms. The van der Waals surface area contributed by atoms with Crippen LogP contribution < -0.4 is 10.6 Å². The smallest absolute Gasteiger partial charge is 0.407 e. The van der Waals surface area contributed by atoms with Gasteiger partial charge in [0.05, 0.1) is 47.3 Å². The van der Waals surface area contributed by atoms with Gasteiger partial charge in [-0.1, -0.05) is 60.7 Å². The number of aromatic amines is 2. The molecule has 0 aliphatic heterocycles. The average molecular weight is 757 g/mol. The molecule has 16 heteroatoms. The van der Waals surface area contributed by atoms with Crippen LogP contribution in [0.2, 0.25) is 0 Å². The van der Waals surface area contributed by atoms with E-state index in [4.69, 9.17) is 0 Å². The van der Waals surface area contributed by atoms with E-state index in [1.54, 1.807) is 99.3 Å². The van der Waals surface area contributed by atoms with Crippen LogP contribution in [0.5, 0.6) is 0 Å². The van der Waals surface area contributed by atoms with Gasteiger partial charge in [0.15, 0.2) is 0 Å². The first-order valence-corrected chi connectivity index (χ1v) is 17.6. The molecule has 6 N–H and O–H groups in total. The third-order valence-corrected chi connectivity index (χ3v) is 9.25. The lowest BCUT2D eigenvalue weighted by molar-refractivity contribution is -0.127. The topological polar surface area (TPSA) is 222 Å². The van der Waals surface area contributed by atoms with Gasteiger partial charge in [0, 0.05) is 37.6 Å². The summed E-state index contributed by atoms with van der Waals surface area (Å²) < 4.78 is 0. The highest BCUT2D eigenvalue weighted by Gasteiger charge is 2.31. The zero-order valence-corrected chi connectivity index (χ0v) is 30.9. The zero-order valence-electron chi connectivity index (χ0n) is 30.9. The largest absolute Gasteiger partial charge is 0.465 e. The Morgan fingerprint density at radius 1 is 0.554 bits per heavy atom.